The molecule has 114 valence electrons. The third kappa shape index (κ3) is 6.08. The molecule has 2 N–H and O–H groups in total. The minimum absolute atomic E-state index is 1.02. The second kappa shape index (κ2) is 9.98. The van der Waals surface area contributed by atoms with Gasteiger partial charge in [-0.2, -0.15) is 5.10 Å². The molecule has 0 aromatic heterocycles. The highest BCUT2D eigenvalue weighted by molar-refractivity contribution is 5.99. The van der Waals surface area contributed by atoms with Gasteiger partial charge in [-0.3, -0.25) is 0 Å². The zero-order valence-electron chi connectivity index (χ0n) is 12.9. The molecule has 0 saturated heterocycles. The summed E-state index contributed by atoms with van der Waals surface area (Å²) in [5.74, 6) is 0. The number of nitrogens with zero attached hydrogens (tertiary/aromatic N) is 1. The van der Waals surface area contributed by atoms with Gasteiger partial charge in [-0.15, -0.1) is 0 Å². The lowest BCUT2D eigenvalue weighted by Gasteiger charge is -2.15. The number of hydrazine groups is 1. The van der Waals surface area contributed by atoms with Crippen LogP contribution in [0.3, 0.4) is 0 Å². The lowest BCUT2D eigenvalue weighted by molar-refractivity contribution is 0.510. The van der Waals surface area contributed by atoms with Crippen molar-refractivity contribution in [1.82, 2.24) is 11.0 Å². The molecule has 2 aliphatic rings. The fourth-order valence-electron chi connectivity index (χ4n) is 3.12. The molecule has 0 saturated carbocycles. The summed E-state index contributed by atoms with van der Waals surface area (Å²) >= 11 is 0. The Hall–Kier alpha value is -0.830. The van der Waals surface area contributed by atoms with Crippen molar-refractivity contribution in [2.75, 3.05) is 6.54 Å². The van der Waals surface area contributed by atoms with Crippen molar-refractivity contribution < 1.29 is 0 Å². The largest absolute Gasteiger partial charge is 0.243 e. The van der Waals surface area contributed by atoms with Gasteiger partial charge in [0, 0.05) is 6.54 Å². The number of hydrazone groups is 1. The third-order valence-corrected chi connectivity index (χ3v) is 4.40. The molecule has 0 aromatic carbocycles. The fourth-order valence-corrected chi connectivity index (χ4v) is 3.12. The normalized spacial score (nSPS) is 29.2. The Labute approximate surface area is 124 Å². The van der Waals surface area contributed by atoms with E-state index in [1.807, 2.05) is 0 Å². The summed E-state index contributed by atoms with van der Waals surface area (Å²) in [7, 11) is 0. The Morgan fingerprint density at radius 2 is 1.45 bits per heavy atom. The lowest BCUT2D eigenvalue weighted by atomic mass is 9.95. The summed E-state index contributed by atoms with van der Waals surface area (Å²) < 4.78 is 0. The van der Waals surface area contributed by atoms with Crippen LogP contribution in [0.2, 0.25) is 0 Å². The van der Waals surface area contributed by atoms with E-state index in [0.717, 1.165) is 13.0 Å². The molecular formula is C17H31N3. The number of allylic oxidation sites excluding steroid dienone is 2. The van der Waals surface area contributed by atoms with Gasteiger partial charge in [0.2, 0.25) is 0 Å². The Morgan fingerprint density at radius 1 is 0.750 bits per heavy atom. The van der Waals surface area contributed by atoms with Gasteiger partial charge in [-0.05, 0) is 50.5 Å². The number of hydrogen-bond acceptors (Lipinski definition) is 3. The monoisotopic (exact) mass is 277 g/mol. The van der Waals surface area contributed by atoms with Crippen LogP contribution in [0, 0.1) is 0 Å². The van der Waals surface area contributed by atoms with E-state index >= 15 is 0 Å². The first kappa shape index (κ1) is 15.6. The van der Waals surface area contributed by atoms with Gasteiger partial charge >= 0.3 is 0 Å². The molecule has 0 aromatic rings. The quantitative estimate of drug-likeness (QED) is 0.742. The lowest BCUT2D eigenvalue weighted by Crippen LogP contribution is -2.30. The molecule has 1 aliphatic heterocycles. The highest BCUT2D eigenvalue weighted by atomic mass is 15.6. The van der Waals surface area contributed by atoms with Crippen molar-refractivity contribution in [3.8, 4) is 0 Å². The zero-order valence-corrected chi connectivity index (χ0v) is 12.9. The summed E-state index contributed by atoms with van der Waals surface area (Å²) in [4.78, 5) is 0. The average molecular weight is 277 g/mol. The van der Waals surface area contributed by atoms with Gasteiger partial charge in [-0.1, -0.05) is 44.6 Å². The summed E-state index contributed by atoms with van der Waals surface area (Å²) in [6, 6.07) is 0. The second-order valence-electron chi connectivity index (χ2n) is 6.15. The van der Waals surface area contributed by atoms with Crippen LogP contribution in [-0.4, -0.2) is 12.3 Å². The maximum Gasteiger partial charge on any atom is 0.0647 e. The maximum atomic E-state index is 4.62. The van der Waals surface area contributed by atoms with Crippen molar-refractivity contribution in [2.45, 2.75) is 83.5 Å². The molecule has 0 amide bonds. The molecule has 0 radical (unpaired) electrons. The van der Waals surface area contributed by atoms with Crippen LogP contribution in [-0.2, 0) is 0 Å². The first-order valence-corrected chi connectivity index (χ1v) is 8.70. The molecule has 0 spiro atoms. The van der Waals surface area contributed by atoms with Gasteiger partial charge in [-0.25, -0.2) is 11.0 Å². The van der Waals surface area contributed by atoms with E-state index in [0.29, 0.717) is 0 Å². The number of hydrogen-bond donors (Lipinski definition) is 2. The van der Waals surface area contributed by atoms with E-state index < -0.39 is 0 Å². The van der Waals surface area contributed by atoms with Crippen LogP contribution in [0.5, 0.6) is 0 Å². The molecule has 2 rings (SSSR count). The van der Waals surface area contributed by atoms with Crippen molar-refractivity contribution >= 4 is 5.71 Å². The Kier molecular flexibility index (Phi) is 7.76. The van der Waals surface area contributed by atoms with E-state index in [2.05, 4.69) is 22.1 Å². The summed E-state index contributed by atoms with van der Waals surface area (Å²) in [6.07, 6.45) is 19.6. The van der Waals surface area contributed by atoms with Crippen LogP contribution in [0.1, 0.15) is 83.5 Å². The van der Waals surface area contributed by atoms with E-state index in [9.17, 15) is 0 Å². The third-order valence-electron chi connectivity index (χ3n) is 4.40. The van der Waals surface area contributed by atoms with Crippen LogP contribution >= 0.6 is 0 Å². The van der Waals surface area contributed by atoms with Gasteiger partial charge in [0.15, 0.2) is 0 Å². The topological polar surface area (TPSA) is 36.4 Å². The molecule has 3 heteroatoms. The van der Waals surface area contributed by atoms with Crippen LogP contribution < -0.4 is 11.0 Å². The minimum Gasteiger partial charge on any atom is -0.243 e. The first-order valence-electron chi connectivity index (χ1n) is 8.70. The van der Waals surface area contributed by atoms with Gasteiger partial charge in [0.05, 0.1) is 5.71 Å². The molecular weight excluding hydrogens is 246 g/mol. The van der Waals surface area contributed by atoms with Gasteiger partial charge < -0.3 is 0 Å². The number of nitrogens with one attached hydrogen (secondary N) is 2. The predicted octanol–water partition coefficient (Wildman–Crippen LogP) is 4.46. The summed E-state index contributed by atoms with van der Waals surface area (Å²) in [5, 5.41) is 4.62. The van der Waals surface area contributed by atoms with Crippen molar-refractivity contribution in [3.63, 3.8) is 0 Å². The number of rotatable bonds is 1. The van der Waals surface area contributed by atoms with Gasteiger partial charge in [0.1, 0.15) is 0 Å². The SMILES string of the molecule is C1=C(/C2=N\NNCCCCCC2)CCCCCCCC/1. The second-order valence-corrected chi connectivity index (χ2v) is 6.15. The molecule has 0 fully saturated rings. The standard InChI is InChI=1S/C17H31N3/c1-2-4-8-12-16(13-9-5-3-1)17-14-10-6-7-11-15-18-20-19-17/h12,18,20H,1-11,13-15H2/b16-12+,19-17-. The minimum atomic E-state index is 1.02. The van der Waals surface area contributed by atoms with E-state index in [1.54, 1.807) is 0 Å². The molecule has 3 nitrogen and oxygen atoms in total. The summed E-state index contributed by atoms with van der Waals surface area (Å²) in [5.41, 5.74) is 9.09. The predicted molar refractivity (Wildman–Crippen MR) is 86.7 cm³/mol. The van der Waals surface area contributed by atoms with Crippen LogP contribution in [0.4, 0.5) is 0 Å². The zero-order chi connectivity index (χ0) is 13.9. The van der Waals surface area contributed by atoms with E-state index in [1.165, 1.54) is 88.3 Å². The Morgan fingerprint density at radius 3 is 2.35 bits per heavy atom. The molecule has 0 atom stereocenters. The Bertz CT molecular complexity index is 288. The molecule has 1 aliphatic carbocycles. The van der Waals surface area contributed by atoms with Crippen LogP contribution in [0.25, 0.3) is 0 Å². The molecule has 20 heavy (non-hydrogen) atoms. The highest BCUT2D eigenvalue weighted by Gasteiger charge is 2.09. The van der Waals surface area contributed by atoms with Crippen LogP contribution in [0.15, 0.2) is 16.8 Å². The highest BCUT2D eigenvalue weighted by Crippen LogP contribution is 2.20. The van der Waals surface area contributed by atoms with E-state index in [-0.39, 0.29) is 0 Å². The molecule has 1 heterocycles. The van der Waals surface area contributed by atoms with Crippen molar-refractivity contribution in [3.05, 3.63) is 11.6 Å². The fraction of sp³-hybridized carbons (Fsp3) is 0.824. The summed E-state index contributed by atoms with van der Waals surface area (Å²) in [6.45, 7) is 1.02. The van der Waals surface area contributed by atoms with Gasteiger partial charge in [0.25, 0.3) is 0 Å². The van der Waals surface area contributed by atoms with E-state index in [4.69, 9.17) is 0 Å². The maximum absolute atomic E-state index is 4.62. The average Bonchev–Trinajstić information content (AvgIpc) is 2.50. The van der Waals surface area contributed by atoms with Crippen molar-refractivity contribution in [2.24, 2.45) is 5.10 Å². The molecule has 0 unspecified atom stereocenters. The Balaban J connectivity index is 1.98. The smallest absolute Gasteiger partial charge is 0.0647 e. The van der Waals surface area contributed by atoms with Crippen molar-refractivity contribution in [1.29, 1.82) is 0 Å². The first-order chi connectivity index (χ1) is 9.97. The molecule has 0 bridgehead atoms.